The van der Waals surface area contributed by atoms with Crippen molar-refractivity contribution in [1.29, 1.82) is 0 Å². The van der Waals surface area contributed by atoms with E-state index < -0.39 is 0 Å². The van der Waals surface area contributed by atoms with Crippen LogP contribution in [0.25, 0.3) is 0 Å². The fourth-order valence-electron chi connectivity index (χ4n) is 3.06. The molecule has 0 spiro atoms. The van der Waals surface area contributed by atoms with Crippen LogP contribution in [0.2, 0.25) is 5.02 Å². The zero-order valence-corrected chi connectivity index (χ0v) is 14.7. The minimum absolute atomic E-state index is 0.0710. The van der Waals surface area contributed by atoms with Crippen molar-refractivity contribution >= 4 is 17.6 Å². The van der Waals surface area contributed by atoms with Crippen molar-refractivity contribution in [2.75, 3.05) is 53.0 Å². The summed E-state index contributed by atoms with van der Waals surface area (Å²) in [5.74, 6) is 1.11. The number of nitrogens with zero attached hydrogens (tertiary/aromatic N) is 2. The van der Waals surface area contributed by atoms with Gasteiger partial charge in [-0.3, -0.25) is 0 Å². The first-order valence-electron chi connectivity index (χ1n) is 8.32. The number of urea groups is 1. The van der Waals surface area contributed by atoms with Gasteiger partial charge in [-0.15, -0.1) is 0 Å². The zero-order chi connectivity index (χ0) is 16.9. The van der Waals surface area contributed by atoms with Crippen LogP contribution < -0.4 is 10.1 Å². The first-order chi connectivity index (χ1) is 11.6. The van der Waals surface area contributed by atoms with Gasteiger partial charge in [0, 0.05) is 36.1 Å². The predicted octanol–water partition coefficient (Wildman–Crippen LogP) is 1.82. The zero-order valence-electron chi connectivity index (χ0n) is 14.0. The largest absolute Gasteiger partial charge is 0.491 e. The molecule has 2 amide bonds. The van der Waals surface area contributed by atoms with E-state index in [1.807, 2.05) is 12.1 Å². The Morgan fingerprint density at radius 2 is 2.25 bits per heavy atom. The van der Waals surface area contributed by atoms with Crippen LogP contribution in [0.4, 0.5) is 4.79 Å². The Morgan fingerprint density at radius 3 is 3.12 bits per heavy atom. The lowest BCUT2D eigenvalue weighted by Crippen LogP contribution is -2.44. The smallest absolute Gasteiger partial charge is 0.317 e. The van der Waals surface area contributed by atoms with E-state index in [1.165, 1.54) is 0 Å². The van der Waals surface area contributed by atoms with Crippen LogP contribution in [0, 0.1) is 5.92 Å². The van der Waals surface area contributed by atoms with E-state index in [0.29, 0.717) is 43.8 Å². The highest BCUT2D eigenvalue weighted by Crippen LogP contribution is 2.26. The second-order valence-electron chi connectivity index (χ2n) is 6.41. The lowest BCUT2D eigenvalue weighted by atomic mass is 10.1. The third-order valence-electron chi connectivity index (χ3n) is 4.37. The van der Waals surface area contributed by atoms with Gasteiger partial charge in [-0.1, -0.05) is 11.6 Å². The van der Waals surface area contributed by atoms with Gasteiger partial charge in [-0.05, 0) is 25.2 Å². The summed E-state index contributed by atoms with van der Waals surface area (Å²) in [6.07, 6.45) is 0. The first kappa shape index (κ1) is 17.3. The highest BCUT2D eigenvalue weighted by molar-refractivity contribution is 6.30. The molecule has 2 heterocycles. The lowest BCUT2D eigenvalue weighted by molar-refractivity contribution is 0.121. The molecule has 0 bridgehead atoms. The second kappa shape index (κ2) is 8.05. The van der Waals surface area contributed by atoms with Gasteiger partial charge in [0.15, 0.2) is 0 Å². The summed E-state index contributed by atoms with van der Waals surface area (Å²) in [4.78, 5) is 16.5. The predicted molar refractivity (Wildman–Crippen MR) is 92.6 cm³/mol. The second-order valence-corrected chi connectivity index (χ2v) is 6.85. The summed E-state index contributed by atoms with van der Waals surface area (Å²) >= 11 is 6.06. The molecule has 0 aliphatic carbocycles. The summed E-state index contributed by atoms with van der Waals surface area (Å²) < 4.78 is 11.3. The van der Waals surface area contributed by atoms with E-state index in [1.54, 1.807) is 11.0 Å². The van der Waals surface area contributed by atoms with Crippen molar-refractivity contribution in [3.8, 4) is 5.75 Å². The van der Waals surface area contributed by atoms with Crippen LogP contribution in [0.1, 0.15) is 5.56 Å². The average molecular weight is 354 g/mol. The Kier molecular flexibility index (Phi) is 5.81. The van der Waals surface area contributed by atoms with Gasteiger partial charge >= 0.3 is 6.03 Å². The highest BCUT2D eigenvalue weighted by Gasteiger charge is 2.22. The molecule has 1 atom stereocenters. The Balaban J connectivity index is 1.56. The fourth-order valence-corrected chi connectivity index (χ4v) is 3.25. The molecule has 0 aromatic heterocycles. The van der Waals surface area contributed by atoms with Gasteiger partial charge in [0.2, 0.25) is 0 Å². The quantitative estimate of drug-likeness (QED) is 0.881. The third-order valence-corrected chi connectivity index (χ3v) is 4.61. The monoisotopic (exact) mass is 353 g/mol. The van der Waals surface area contributed by atoms with E-state index in [-0.39, 0.29) is 6.03 Å². The van der Waals surface area contributed by atoms with E-state index in [9.17, 15) is 4.79 Å². The van der Waals surface area contributed by atoms with Gasteiger partial charge in [-0.25, -0.2) is 4.79 Å². The summed E-state index contributed by atoms with van der Waals surface area (Å²) in [7, 11) is 2.08. The Bertz CT molecular complexity index is 584. The van der Waals surface area contributed by atoms with E-state index in [0.717, 1.165) is 31.0 Å². The molecule has 1 aromatic rings. The molecular weight excluding hydrogens is 330 g/mol. The summed E-state index contributed by atoms with van der Waals surface area (Å²) in [5.41, 5.74) is 0.938. The molecule has 0 saturated carbocycles. The van der Waals surface area contributed by atoms with Gasteiger partial charge in [0.1, 0.15) is 12.4 Å². The van der Waals surface area contributed by atoms with Gasteiger partial charge < -0.3 is 24.6 Å². The number of likely N-dealkylation sites (N-methyl/N-ethyl adjacent to an activating group) is 1. The highest BCUT2D eigenvalue weighted by atomic mass is 35.5. The molecule has 132 valence electrons. The number of amides is 2. The van der Waals surface area contributed by atoms with Crippen molar-refractivity contribution in [1.82, 2.24) is 15.1 Å². The maximum atomic E-state index is 12.5. The normalized spacial score (nSPS) is 22.1. The molecule has 1 saturated heterocycles. The number of halogens is 1. The standard InChI is InChI=1S/C17H24ClN3O3/c1-20-4-6-23-12-13(10-20)9-19-17(22)21-5-7-24-16-3-2-15(18)8-14(16)11-21/h2-3,8,13H,4-7,9-12H2,1H3,(H,19,22)/t13-/m1/s1. The molecule has 0 unspecified atom stereocenters. The first-order valence-corrected chi connectivity index (χ1v) is 8.70. The van der Waals surface area contributed by atoms with Crippen molar-refractivity contribution in [3.05, 3.63) is 28.8 Å². The number of carbonyl (C=O) groups is 1. The minimum Gasteiger partial charge on any atom is -0.491 e. The number of benzene rings is 1. The third kappa shape index (κ3) is 4.53. The molecule has 2 aliphatic heterocycles. The van der Waals surface area contributed by atoms with E-state index in [2.05, 4.69) is 17.3 Å². The van der Waals surface area contributed by atoms with Crippen LogP contribution in [0.5, 0.6) is 5.75 Å². The molecule has 1 fully saturated rings. The summed E-state index contributed by atoms with van der Waals surface area (Å²) in [6.45, 7) is 5.46. The summed E-state index contributed by atoms with van der Waals surface area (Å²) in [5, 5.41) is 3.69. The molecule has 3 rings (SSSR count). The van der Waals surface area contributed by atoms with Gasteiger partial charge in [-0.2, -0.15) is 0 Å². The average Bonchev–Trinajstić information content (AvgIpc) is 2.89. The van der Waals surface area contributed by atoms with Crippen LogP contribution in [-0.4, -0.2) is 68.9 Å². The molecule has 1 aromatic carbocycles. The maximum absolute atomic E-state index is 12.5. The molecule has 7 heteroatoms. The number of carbonyl (C=O) groups excluding carboxylic acids is 1. The molecule has 24 heavy (non-hydrogen) atoms. The van der Waals surface area contributed by atoms with Crippen LogP contribution in [-0.2, 0) is 11.3 Å². The molecule has 0 radical (unpaired) electrons. The van der Waals surface area contributed by atoms with Crippen LogP contribution >= 0.6 is 11.6 Å². The number of rotatable bonds is 2. The Morgan fingerprint density at radius 1 is 1.38 bits per heavy atom. The molecule has 6 nitrogen and oxygen atoms in total. The van der Waals surface area contributed by atoms with Crippen LogP contribution in [0.15, 0.2) is 18.2 Å². The molecule has 1 N–H and O–H groups in total. The molecular formula is C17H24ClN3O3. The number of hydrogen-bond donors (Lipinski definition) is 1. The van der Waals surface area contributed by atoms with E-state index >= 15 is 0 Å². The van der Waals surface area contributed by atoms with Gasteiger partial charge in [0.25, 0.3) is 0 Å². The number of fused-ring (bicyclic) bond motifs is 1. The topological polar surface area (TPSA) is 54.0 Å². The van der Waals surface area contributed by atoms with Crippen molar-refractivity contribution < 1.29 is 14.3 Å². The fraction of sp³-hybridized carbons (Fsp3) is 0.588. The minimum atomic E-state index is -0.0710. The van der Waals surface area contributed by atoms with E-state index in [4.69, 9.17) is 21.1 Å². The molecule has 2 aliphatic rings. The summed E-state index contributed by atoms with van der Waals surface area (Å²) in [6, 6.07) is 5.45. The van der Waals surface area contributed by atoms with Crippen molar-refractivity contribution in [2.45, 2.75) is 6.54 Å². The number of hydrogen-bond acceptors (Lipinski definition) is 4. The van der Waals surface area contributed by atoms with Crippen LogP contribution in [0.3, 0.4) is 0 Å². The maximum Gasteiger partial charge on any atom is 0.317 e. The van der Waals surface area contributed by atoms with Crippen molar-refractivity contribution in [3.63, 3.8) is 0 Å². The van der Waals surface area contributed by atoms with Crippen molar-refractivity contribution in [2.24, 2.45) is 5.92 Å². The Hall–Kier alpha value is -1.50. The SMILES string of the molecule is CN1CCOC[C@H](CNC(=O)N2CCOc3ccc(Cl)cc3C2)C1. The Labute approximate surface area is 147 Å². The lowest BCUT2D eigenvalue weighted by Gasteiger charge is -2.23. The number of nitrogens with one attached hydrogen (secondary N) is 1. The van der Waals surface area contributed by atoms with Gasteiger partial charge in [0.05, 0.1) is 26.3 Å². The number of ether oxygens (including phenoxy) is 2.